The SMILES string of the molecule is NCCNCCN(CCCCCN(CCN)CCN)CCN(CCNCCN)CCN(CCN)CCN. The molecule has 12 heteroatoms. The van der Waals surface area contributed by atoms with Crippen molar-refractivity contribution in [2.75, 3.05) is 144 Å². The molecule has 0 aromatic rings. The van der Waals surface area contributed by atoms with E-state index in [1.807, 2.05) is 0 Å². The maximum Gasteiger partial charge on any atom is 0.0110 e. The lowest BCUT2D eigenvalue weighted by Gasteiger charge is -2.30. The third kappa shape index (κ3) is 23.2. The highest BCUT2D eigenvalue weighted by Crippen LogP contribution is 2.02. The molecule has 0 radical (unpaired) electrons. The Morgan fingerprint density at radius 2 is 0.622 bits per heavy atom. The van der Waals surface area contributed by atoms with E-state index < -0.39 is 0 Å². The summed E-state index contributed by atoms with van der Waals surface area (Å²) >= 11 is 0. The first-order valence-corrected chi connectivity index (χ1v) is 14.7. The zero-order chi connectivity index (χ0) is 27.4. The van der Waals surface area contributed by atoms with Crippen molar-refractivity contribution in [1.29, 1.82) is 0 Å². The van der Waals surface area contributed by atoms with Gasteiger partial charge in [-0.05, 0) is 25.9 Å². The molecule has 224 valence electrons. The smallest absolute Gasteiger partial charge is 0.0110 e. The Bertz CT molecular complexity index is 434. The summed E-state index contributed by atoms with van der Waals surface area (Å²) in [6.45, 7) is 19.7. The van der Waals surface area contributed by atoms with Crippen molar-refractivity contribution in [1.82, 2.24) is 30.2 Å². The van der Waals surface area contributed by atoms with Crippen molar-refractivity contribution in [2.45, 2.75) is 19.3 Å². The average molecular weight is 533 g/mol. The molecule has 0 heterocycles. The van der Waals surface area contributed by atoms with Crippen LogP contribution in [0.25, 0.3) is 0 Å². The number of nitrogens with two attached hydrogens (primary N) is 6. The van der Waals surface area contributed by atoms with Gasteiger partial charge in [-0.2, -0.15) is 0 Å². The van der Waals surface area contributed by atoms with Crippen molar-refractivity contribution in [3.05, 3.63) is 0 Å². The number of nitrogens with zero attached hydrogens (tertiary/aromatic N) is 4. The van der Waals surface area contributed by atoms with Crippen molar-refractivity contribution in [2.24, 2.45) is 34.4 Å². The van der Waals surface area contributed by atoms with E-state index in [1.165, 1.54) is 19.3 Å². The van der Waals surface area contributed by atoms with Gasteiger partial charge in [0, 0.05) is 131 Å². The predicted octanol–water partition coefficient (Wildman–Crippen LogP) is -3.70. The molecule has 0 unspecified atom stereocenters. The summed E-state index contributed by atoms with van der Waals surface area (Å²) in [6, 6.07) is 0. The summed E-state index contributed by atoms with van der Waals surface area (Å²) in [5.74, 6) is 0. The standard InChI is InChI=1S/C25H64N12/c26-4-10-32-12-20-35(15-3-1-2-14-34(16-6-28)17-7-29)22-24-37(21-13-33-11-5-27)25-23-36(18-8-30)19-9-31/h32-33H,1-31H2. The molecule has 0 saturated heterocycles. The molecular formula is C25H64N12. The Morgan fingerprint density at radius 1 is 0.297 bits per heavy atom. The molecule has 0 spiro atoms. The molecule has 0 aromatic carbocycles. The summed E-state index contributed by atoms with van der Waals surface area (Å²) in [4.78, 5) is 9.90. The fourth-order valence-electron chi connectivity index (χ4n) is 4.41. The van der Waals surface area contributed by atoms with Crippen LogP contribution in [0.5, 0.6) is 0 Å². The van der Waals surface area contributed by atoms with Crippen molar-refractivity contribution < 1.29 is 0 Å². The van der Waals surface area contributed by atoms with Gasteiger partial charge in [0.25, 0.3) is 0 Å². The minimum atomic E-state index is 0.665. The first-order valence-electron chi connectivity index (χ1n) is 14.7. The summed E-state index contributed by atoms with van der Waals surface area (Å²) in [5.41, 5.74) is 34.4. The fourth-order valence-corrected chi connectivity index (χ4v) is 4.41. The van der Waals surface area contributed by atoms with Crippen molar-refractivity contribution >= 4 is 0 Å². The van der Waals surface area contributed by atoms with Crippen molar-refractivity contribution in [3.63, 3.8) is 0 Å². The molecular weight excluding hydrogens is 468 g/mol. The number of unbranched alkanes of at least 4 members (excludes halogenated alkanes) is 2. The van der Waals surface area contributed by atoms with Gasteiger partial charge in [0.2, 0.25) is 0 Å². The van der Waals surface area contributed by atoms with Gasteiger partial charge in [-0.25, -0.2) is 0 Å². The number of hydrogen-bond donors (Lipinski definition) is 8. The van der Waals surface area contributed by atoms with E-state index in [0.717, 1.165) is 105 Å². The zero-order valence-corrected chi connectivity index (χ0v) is 23.9. The Balaban J connectivity index is 4.75. The van der Waals surface area contributed by atoms with Gasteiger partial charge in [-0.3, -0.25) is 9.80 Å². The largest absolute Gasteiger partial charge is 0.329 e. The van der Waals surface area contributed by atoms with Crippen LogP contribution in [0.15, 0.2) is 0 Å². The van der Waals surface area contributed by atoms with E-state index in [1.54, 1.807) is 0 Å². The highest BCUT2D eigenvalue weighted by molar-refractivity contribution is 4.70. The van der Waals surface area contributed by atoms with E-state index in [2.05, 4.69) is 30.2 Å². The second-order valence-electron chi connectivity index (χ2n) is 9.66. The van der Waals surface area contributed by atoms with Gasteiger partial charge in [-0.15, -0.1) is 0 Å². The molecule has 0 rings (SSSR count). The van der Waals surface area contributed by atoms with E-state index >= 15 is 0 Å². The minimum absolute atomic E-state index is 0.665. The van der Waals surface area contributed by atoms with Gasteiger partial charge in [0.1, 0.15) is 0 Å². The zero-order valence-electron chi connectivity index (χ0n) is 23.9. The van der Waals surface area contributed by atoms with Crippen LogP contribution < -0.4 is 45.0 Å². The Kier molecular flexibility index (Phi) is 28.2. The maximum atomic E-state index is 5.81. The van der Waals surface area contributed by atoms with Gasteiger partial charge < -0.3 is 54.8 Å². The molecule has 0 atom stereocenters. The molecule has 0 fully saturated rings. The molecule has 0 aliphatic carbocycles. The van der Waals surface area contributed by atoms with Crippen LogP contribution in [0.3, 0.4) is 0 Å². The molecule has 0 saturated carbocycles. The van der Waals surface area contributed by atoms with Crippen LogP contribution in [-0.2, 0) is 0 Å². The number of hydrogen-bond acceptors (Lipinski definition) is 12. The van der Waals surface area contributed by atoms with E-state index in [-0.39, 0.29) is 0 Å². The monoisotopic (exact) mass is 533 g/mol. The van der Waals surface area contributed by atoms with Crippen molar-refractivity contribution in [3.8, 4) is 0 Å². The second-order valence-corrected chi connectivity index (χ2v) is 9.66. The minimum Gasteiger partial charge on any atom is -0.329 e. The van der Waals surface area contributed by atoms with Gasteiger partial charge in [0.05, 0.1) is 0 Å². The first kappa shape index (κ1) is 36.5. The van der Waals surface area contributed by atoms with Crippen LogP contribution in [-0.4, -0.2) is 164 Å². The molecule has 0 amide bonds. The Morgan fingerprint density at radius 3 is 0.973 bits per heavy atom. The quantitative estimate of drug-likeness (QED) is 0.0423. The maximum absolute atomic E-state index is 5.81. The van der Waals surface area contributed by atoms with E-state index in [9.17, 15) is 0 Å². The lowest BCUT2D eigenvalue weighted by Crippen LogP contribution is -2.45. The first-order chi connectivity index (χ1) is 18.1. The molecule has 0 bridgehead atoms. The third-order valence-electron chi connectivity index (χ3n) is 6.55. The van der Waals surface area contributed by atoms with Crippen LogP contribution in [0.4, 0.5) is 0 Å². The number of nitrogens with one attached hydrogen (secondary N) is 2. The summed E-state index contributed by atoms with van der Waals surface area (Å²) < 4.78 is 0. The van der Waals surface area contributed by atoms with Crippen LogP contribution >= 0.6 is 0 Å². The van der Waals surface area contributed by atoms with Gasteiger partial charge in [-0.1, -0.05) is 6.42 Å². The lowest BCUT2D eigenvalue weighted by molar-refractivity contribution is 0.176. The van der Waals surface area contributed by atoms with Gasteiger partial charge >= 0.3 is 0 Å². The molecule has 14 N–H and O–H groups in total. The summed E-state index contributed by atoms with van der Waals surface area (Å²) in [6.07, 6.45) is 3.61. The second kappa shape index (κ2) is 28.5. The molecule has 0 aliphatic heterocycles. The average Bonchev–Trinajstić information content (AvgIpc) is 2.89. The van der Waals surface area contributed by atoms with Crippen LogP contribution in [0.2, 0.25) is 0 Å². The molecule has 37 heavy (non-hydrogen) atoms. The molecule has 0 aliphatic rings. The summed E-state index contributed by atoms with van der Waals surface area (Å²) in [7, 11) is 0. The fraction of sp³-hybridized carbons (Fsp3) is 1.00. The number of rotatable bonds is 30. The highest BCUT2D eigenvalue weighted by atomic mass is 15.2. The topological polar surface area (TPSA) is 193 Å². The lowest BCUT2D eigenvalue weighted by atomic mass is 10.2. The highest BCUT2D eigenvalue weighted by Gasteiger charge is 2.12. The molecule has 12 nitrogen and oxygen atoms in total. The van der Waals surface area contributed by atoms with E-state index in [4.69, 9.17) is 34.4 Å². The predicted molar refractivity (Wildman–Crippen MR) is 160 cm³/mol. The Hall–Kier alpha value is -0.480. The normalized spacial score (nSPS) is 12.2. The van der Waals surface area contributed by atoms with Crippen LogP contribution in [0, 0.1) is 0 Å². The van der Waals surface area contributed by atoms with E-state index in [0.29, 0.717) is 39.3 Å². The van der Waals surface area contributed by atoms with Crippen LogP contribution in [0.1, 0.15) is 19.3 Å². The van der Waals surface area contributed by atoms with Gasteiger partial charge in [0.15, 0.2) is 0 Å². The summed E-state index contributed by atoms with van der Waals surface area (Å²) in [5, 5.41) is 6.89. The third-order valence-corrected chi connectivity index (χ3v) is 6.55. The molecule has 0 aromatic heterocycles. The Labute approximate surface area is 228 Å².